The molecule has 1 atom stereocenters. The first-order valence-corrected chi connectivity index (χ1v) is 6.64. The van der Waals surface area contributed by atoms with E-state index < -0.39 is 0 Å². The highest BCUT2D eigenvalue weighted by molar-refractivity contribution is 5.22. The zero-order valence-electron chi connectivity index (χ0n) is 10.5. The summed E-state index contributed by atoms with van der Waals surface area (Å²) in [5, 5.41) is 3.66. The predicted octanol–water partition coefficient (Wildman–Crippen LogP) is 3.68. The van der Waals surface area contributed by atoms with Crippen LogP contribution in [0.5, 0.6) is 0 Å². The Balaban J connectivity index is 2.03. The number of furan rings is 1. The van der Waals surface area contributed by atoms with Crippen LogP contribution in [0.1, 0.15) is 56.9 Å². The molecule has 1 aliphatic rings. The van der Waals surface area contributed by atoms with Gasteiger partial charge in [-0.25, -0.2) is 0 Å². The molecule has 0 aliphatic heterocycles. The van der Waals surface area contributed by atoms with E-state index in [1.807, 2.05) is 6.26 Å². The lowest BCUT2D eigenvalue weighted by molar-refractivity contribution is 0.451. The molecule has 2 rings (SSSR count). The summed E-state index contributed by atoms with van der Waals surface area (Å²) < 4.78 is 5.54. The minimum Gasteiger partial charge on any atom is -0.469 e. The van der Waals surface area contributed by atoms with Crippen LogP contribution in [0.3, 0.4) is 0 Å². The Bertz CT molecular complexity index is 314. The Kier molecular flexibility index (Phi) is 4.05. The largest absolute Gasteiger partial charge is 0.469 e. The maximum absolute atomic E-state index is 5.54. The molecule has 1 aromatic heterocycles. The smallest absolute Gasteiger partial charge is 0.108 e. The van der Waals surface area contributed by atoms with E-state index in [0.717, 1.165) is 24.6 Å². The van der Waals surface area contributed by atoms with Crippen molar-refractivity contribution in [1.29, 1.82) is 0 Å². The van der Waals surface area contributed by atoms with Crippen molar-refractivity contribution >= 4 is 0 Å². The highest BCUT2D eigenvalue weighted by Crippen LogP contribution is 2.38. The second-order valence-electron chi connectivity index (χ2n) is 4.84. The third kappa shape index (κ3) is 2.88. The van der Waals surface area contributed by atoms with Crippen molar-refractivity contribution < 1.29 is 4.42 Å². The van der Waals surface area contributed by atoms with E-state index >= 15 is 0 Å². The summed E-state index contributed by atoms with van der Waals surface area (Å²) in [7, 11) is 0. The van der Waals surface area contributed by atoms with Gasteiger partial charge in [0.15, 0.2) is 0 Å². The fourth-order valence-corrected chi connectivity index (χ4v) is 2.27. The molecular formula is C14H23NO. The fourth-order valence-electron chi connectivity index (χ4n) is 2.27. The van der Waals surface area contributed by atoms with E-state index in [4.69, 9.17) is 4.42 Å². The van der Waals surface area contributed by atoms with Gasteiger partial charge >= 0.3 is 0 Å². The van der Waals surface area contributed by atoms with Crippen LogP contribution in [0.25, 0.3) is 0 Å². The molecule has 1 saturated carbocycles. The zero-order valence-corrected chi connectivity index (χ0v) is 10.5. The summed E-state index contributed by atoms with van der Waals surface area (Å²) in [6, 6.07) is 2.66. The van der Waals surface area contributed by atoms with E-state index in [9.17, 15) is 0 Å². The van der Waals surface area contributed by atoms with Crippen molar-refractivity contribution in [3.05, 3.63) is 23.7 Å². The van der Waals surface area contributed by atoms with Crippen molar-refractivity contribution in [3.8, 4) is 0 Å². The number of nitrogens with one attached hydrogen (secondary N) is 1. The molecule has 2 heteroatoms. The van der Waals surface area contributed by atoms with Crippen LogP contribution in [0, 0.1) is 5.92 Å². The molecule has 1 fully saturated rings. The zero-order chi connectivity index (χ0) is 11.4. The van der Waals surface area contributed by atoms with Gasteiger partial charge in [0.25, 0.3) is 0 Å². The average Bonchev–Trinajstić information content (AvgIpc) is 2.99. The maximum atomic E-state index is 5.54. The quantitative estimate of drug-likeness (QED) is 0.759. The van der Waals surface area contributed by atoms with E-state index in [0.29, 0.717) is 6.04 Å². The van der Waals surface area contributed by atoms with Gasteiger partial charge in [0, 0.05) is 18.0 Å². The van der Waals surface area contributed by atoms with Crippen LogP contribution in [-0.2, 0) is 6.42 Å². The van der Waals surface area contributed by atoms with Crippen LogP contribution in [0.2, 0.25) is 0 Å². The van der Waals surface area contributed by atoms with Crippen LogP contribution in [0.15, 0.2) is 16.7 Å². The van der Waals surface area contributed by atoms with E-state index in [1.54, 1.807) is 0 Å². The molecule has 0 aromatic carbocycles. The predicted molar refractivity (Wildman–Crippen MR) is 66.5 cm³/mol. The first kappa shape index (κ1) is 11.7. The van der Waals surface area contributed by atoms with Gasteiger partial charge in [0.05, 0.1) is 6.26 Å². The van der Waals surface area contributed by atoms with Gasteiger partial charge in [-0.05, 0) is 31.4 Å². The van der Waals surface area contributed by atoms with Crippen LogP contribution >= 0.6 is 0 Å². The minimum atomic E-state index is 0.515. The molecule has 1 N–H and O–H groups in total. The third-order valence-electron chi connectivity index (χ3n) is 3.38. The number of hydrogen-bond donors (Lipinski definition) is 1. The van der Waals surface area contributed by atoms with Crippen LogP contribution in [-0.4, -0.2) is 6.54 Å². The fraction of sp³-hybridized carbons (Fsp3) is 0.714. The first-order valence-electron chi connectivity index (χ1n) is 6.64. The summed E-state index contributed by atoms with van der Waals surface area (Å²) in [4.78, 5) is 0. The summed E-state index contributed by atoms with van der Waals surface area (Å²) in [6.45, 7) is 5.49. The SMILES string of the molecule is CCCNC(CC1CC1)c1ccoc1CC. The Morgan fingerprint density at radius 1 is 1.44 bits per heavy atom. The van der Waals surface area contributed by atoms with Crippen LogP contribution in [0.4, 0.5) is 0 Å². The second-order valence-corrected chi connectivity index (χ2v) is 4.84. The molecule has 2 nitrogen and oxygen atoms in total. The molecule has 0 amide bonds. The monoisotopic (exact) mass is 221 g/mol. The van der Waals surface area contributed by atoms with Gasteiger partial charge in [0.2, 0.25) is 0 Å². The Morgan fingerprint density at radius 3 is 2.88 bits per heavy atom. The molecule has 0 saturated heterocycles. The molecule has 90 valence electrons. The summed E-state index contributed by atoms with van der Waals surface area (Å²) in [5.74, 6) is 2.11. The minimum absolute atomic E-state index is 0.515. The lowest BCUT2D eigenvalue weighted by Crippen LogP contribution is -2.23. The number of aryl methyl sites for hydroxylation is 1. The van der Waals surface area contributed by atoms with Gasteiger partial charge in [-0.3, -0.25) is 0 Å². The van der Waals surface area contributed by atoms with Gasteiger partial charge in [-0.1, -0.05) is 26.7 Å². The second kappa shape index (κ2) is 5.53. The van der Waals surface area contributed by atoms with E-state index in [2.05, 4.69) is 25.2 Å². The Labute approximate surface area is 98.4 Å². The normalized spacial score (nSPS) is 17.6. The van der Waals surface area contributed by atoms with Crippen molar-refractivity contribution in [1.82, 2.24) is 5.32 Å². The molecule has 16 heavy (non-hydrogen) atoms. The number of rotatable bonds is 7. The van der Waals surface area contributed by atoms with Crippen LogP contribution < -0.4 is 5.32 Å². The summed E-state index contributed by atoms with van der Waals surface area (Å²) in [5.41, 5.74) is 1.39. The molecular weight excluding hydrogens is 198 g/mol. The molecule has 1 aliphatic carbocycles. The van der Waals surface area contributed by atoms with E-state index in [1.165, 1.54) is 31.2 Å². The summed E-state index contributed by atoms with van der Waals surface area (Å²) >= 11 is 0. The topological polar surface area (TPSA) is 25.2 Å². The standard InChI is InChI=1S/C14H23NO/c1-3-8-15-13(10-11-5-6-11)12-7-9-16-14(12)4-2/h7,9,11,13,15H,3-6,8,10H2,1-2H3. The van der Waals surface area contributed by atoms with Crippen molar-refractivity contribution in [3.63, 3.8) is 0 Å². The molecule has 1 aromatic rings. The van der Waals surface area contributed by atoms with Crippen molar-refractivity contribution in [2.24, 2.45) is 5.92 Å². The van der Waals surface area contributed by atoms with Gasteiger partial charge in [0.1, 0.15) is 5.76 Å². The summed E-state index contributed by atoms with van der Waals surface area (Å²) in [6.07, 6.45) is 8.15. The maximum Gasteiger partial charge on any atom is 0.108 e. The molecule has 0 bridgehead atoms. The lowest BCUT2D eigenvalue weighted by atomic mass is 10.0. The van der Waals surface area contributed by atoms with Crippen molar-refractivity contribution in [2.45, 2.75) is 52.0 Å². The average molecular weight is 221 g/mol. The molecule has 0 radical (unpaired) electrons. The lowest BCUT2D eigenvalue weighted by Gasteiger charge is -2.18. The highest BCUT2D eigenvalue weighted by atomic mass is 16.3. The van der Waals surface area contributed by atoms with E-state index in [-0.39, 0.29) is 0 Å². The first-order chi connectivity index (χ1) is 7.85. The number of hydrogen-bond acceptors (Lipinski definition) is 2. The molecule has 1 heterocycles. The van der Waals surface area contributed by atoms with Gasteiger partial charge < -0.3 is 9.73 Å². The highest BCUT2D eigenvalue weighted by Gasteiger charge is 2.27. The molecule has 0 spiro atoms. The van der Waals surface area contributed by atoms with Crippen molar-refractivity contribution in [2.75, 3.05) is 6.54 Å². The van der Waals surface area contributed by atoms with Gasteiger partial charge in [-0.2, -0.15) is 0 Å². The Hall–Kier alpha value is -0.760. The molecule has 1 unspecified atom stereocenters. The third-order valence-corrected chi connectivity index (χ3v) is 3.38. The Morgan fingerprint density at radius 2 is 2.25 bits per heavy atom. The van der Waals surface area contributed by atoms with Gasteiger partial charge in [-0.15, -0.1) is 0 Å².